The van der Waals surface area contributed by atoms with Crippen molar-refractivity contribution in [2.24, 2.45) is 0 Å². The summed E-state index contributed by atoms with van der Waals surface area (Å²) < 4.78 is 5.17. The smallest absolute Gasteiger partial charge is 0.216 e. The standard InChI is InChI=1S/C10H15NO/c1-4-8-6-7-9(5-2)11-10(8)12-3/h6-7H,4-5H2,1-3H3. The SMILES string of the molecule is CCc1ccc(CC)c(OC)n1. The highest BCUT2D eigenvalue weighted by Gasteiger charge is 2.02. The molecule has 2 heteroatoms. The lowest BCUT2D eigenvalue weighted by atomic mass is 10.2. The second-order valence-electron chi connectivity index (χ2n) is 2.68. The topological polar surface area (TPSA) is 22.1 Å². The van der Waals surface area contributed by atoms with E-state index in [4.69, 9.17) is 4.74 Å². The maximum atomic E-state index is 5.17. The molecule has 0 aliphatic heterocycles. The maximum Gasteiger partial charge on any atom is 0.216 e. The number of rotatable bonds is 3. The molecule has 0 unspecified atom stereocenters. The second-order valence-corrected chi connectivity index (χ2v) is 2.68. The lowest BCUT2D eigenvalue weighted by Gasteiger charge is -2.06. The lowest BCUT2D eigenvalue weighted by Crippen LogP contribution is -1.96. The van der Waals surface area contributed by atoms with E-state index in [-0.39, 0.29) is 0 Å². The zero-order chi connectivity index (χ0) is 8.97. The van der Waals surface area contributed by atoms with Crippen LogP contribution in [0.5, 0.6) is 5.88 Å². The van der Waals surface area contributed by atoms with Crippen molar-refractivity contribution in [1.82, 2.24) is 4.98 Å². The van der Waals surface area contributed by atoms with Gasteiger partial charge in [0.2, 0.25) is 5.88 Å². The third kappa shape index (κ3) is 1.76. The average molecular weight is 165 g/mol. The summed E-state index contributed by atoms with van der Waals surface area (Å²) in [6.45, 7) is 4.19. The quantitative estimate of drug-likeness (QED) is 0.685. The third-order valence-corrected chi connectivity index (χ3v) is 1.93. The minimum atomic E-state index is 0.775. The Morgan fingerprint density at radius 1 is 1.25 bits per heavy atom. The number of aryl methyl sites for hydroxylation is 2. The summed E-state index contributed by atoms with van der Waals surface area (Å²) in [5.41, 5.74) is 2.26. The van der Waals surface area contributed by atoms with Gasteiger partial charge in [-0.3, -0.25) is 0 Å². The molecular formula is C10H15NO. The van der Waals surface area contributed by atoms with Crippen LogP contribution >= 0.6 is 0 Å². The van der Waals surface area contributed by atoms with Crippen LogP contribution in [0.3, 0.4) is 0 Å². The van der Waals surface area contributed by atoms with Crippen molar-refractivity contribution in [3.8, 4) is 5.88 Å². The first kappa shape index (κ1) is 9.04. The first-order valence-electron chi connectivity index (χ1n) is 4.34. The molecule has 0 saturated carbocycles. The Morgan fingerprint density at radius 3 is 2.50 bits per heavy atom. The molecule has 0 aliphatic carbocycles. The summed E-state index contributed by atoms with van der Waals surface area (Å²) in [6, 6.07) is 4.14. The van der Waals surface area contributed by atoms with E-state index in [0.717, 1.165) is 24.4 Å². The Labute approximate surface area is 73.6 Å². The number of methoxy groups -OCH3 is 1. The van der Waals surface area contributed by atoms with Gasteiger partial charge in [-0.2, -0.15) is 0 Å². The van der Waals surface area contributed by atoms with Gasteiger partial charge in [-0.15, -0.1) is 0 Å². The summed E-state index contributed by atoms with van der Waals surface area (Å²) in [4.78, 5) is 4.36. The number of nitrogens with zero attached hydrogens (tertiary/aromatic N) is 1. The highest BCUT2D eigenvalue weighted by molar-refractivity contribution is 5.28. The van der Waals surface area contributed by atoms with Gasteiger partial charge in [-0.05, 0) is 18.9 Å². The normalized spacial score (nSPS) is 9.92. The number of pyridine rings is 1. The van der Waals surface area contributed by atoms with Crippen LogP contribution in [-0.4, -0.2) is 12.1 Å². The zero-order valence-electron chi connectivity index (χ0n) is 7.92. The molecule has 0 N–H and O–H groups in total. The summed E-state index contributed by atoms with van der Waals surface area (Å²) in [7, 11) is 1.67. The largest absolute Gasteiger partial charge is 0.481 e. The first-order chi connectivity index (χ1) is 5.81. The first-order valence-corrected chi connectivity index (χ1v) is 4.34. The van der Waals surface area contributed by atoms with E-state index in [0.29, 0.717) is 0 Å². The Morgan fingerprint density at radius 2 is 2.00 bits per heavy atom. The van der Waals surface area contributed by atoms with Gasteiger partial charge in [-0.1, -0.05) is 19.9 Å². The molecule has 12 heavy (non-hydrogen) atoms. The highest BCUT2D eigenvalue weighted by atomic mass is 16.5. The van der Waals surface area contributed by atoms with Crippen molar-refractivity contribution < 1.29 is 4.74 Å². The van der Waals surface area contributed by atoms with Gasteiger partial charge in [0.1, 0.15) is 0 Å². The molecule has 2 nitrogen and oxygen atoms in total. The molecule has 0 amide bonds. The van der Waals surface area contributed by atoms with Crippen molar-refractivity contribution in [3.05, 3.63) is 23.4 Å². The van der Waals surface area contributed by atoms with Gasteiger partial charge in [0.25, 0.3) is 0 Å². The number of aromatic nitrogens is 1. The van der Waals surface area contributed by atoms with E-state index in [1.807, 2.05) is 0 Å². The maximum absolute atomic E-state index is 5.17. The fraction of sp³-hybridized carbons (Fsp3) is 0.500. The van der Waals surface area contributed by atoms with Crippen LogP contribution in [0.1, 0.15) is 25.1 Å². The molecule has 0 aliphatic rings. The number of ether oxygens (including phenoxy) is 1. The van der Waals surface area contributed by atoms with Crippen LogP contribution in [0.15, 0.2) is 12.1 Å². The van der Waals surface area contributed by atoms with Gasteiger partial charge in [0.05, 0.1) is 7.11 Å². The molecule has 0 atom stereocenters. The highest BCUT2D eigenvalue weighted by Crippen LogP contribution is 2.16. The fourth-order valence-corrected chi connectivity index (χ4v) is 1.15. The van der Waals surface area contributed by atoms with E-state index in [9.17, 15) is 0 Å². The Hall–Kier alpha value is -1.05. The van der Waals surface area contributed by atoms with Crippen molar-refractivity contribution in [1.29, 1.82) is 0 Å². The van der Waals surface area contributed by atoms with Crippen LogP contribution in [0, 0.1) is 0 Å². The minimum Gasteiger partial charge on any atom is -0.481 e. The summed E-state index contributed by atoms with van der Waals surface area (Å²) in [5, 5.41) is 0. The predicted molar refractivity (Wildman–Crippen MR) is 49.5 cm³/mol. The number of hydrogen-bond donors (Lipinski definition) is 0. The van der Waals surface area contributed by atoms with Crippen molar-refractivity contribution in [2.75, 3.05) is 7.11 Å². The Balaban J connectivity index is 3.02. The Kier molecular flexibility index (Phi) is 3.09. The van der Waals surface area contributed by atoms with Crippen molar-refractivity contribution >= 4 is 0 Å². The predicted octanol–water partition coefficient (Wildman–Crippen LogP) is 2.21. The van der Waals surface area contributed by atoms with Gasteiger partial charge >= 0.3 is 0 Å². The van der Waals surface area contributed by atoms with Gasteiger partial charge in [0, 0.05) is 11.3 Å². The molecular weight excluding hydrogens is 150 g/mol. The van der Waals surface area contributed by atoms with E-state index < -0.39 is 0 Å². The van der Waals surface area contributed by atoms with E-state index in [1.54, 1.807) is 7.11 Å². The zero-order valence-corrected chi connectivity index (χ0v) is 7.92. The monoisotopic (exact) mass is 165 g/mol. The van der Waals surface area contributed by atoms with Crippen LogP contribution < -0.4 is 4.74 Å². The molecule has 1 heterocycles. The van der Waals surface area contributed by atoms with Gasteiger partial charge in [0.15, 0.2) is 0 Å². The summed E-state index contributed by atoms with van der Waals surface area (Å²) >= 11 is 0. The number of hydrogen-bond acceptors (Lipinski definition) is 2. The molecule has 0 spiro atoms. The Bertz CT molecular complexity index is 258. The molecule has 0 bridgehead atoms. The molecule has 0 radical (unpaired) electrons. The van der Waals surface area contributed by atoms with E-state index >= 15 is 0 Å². The molecule has 66 valence electrons. The van der Waals surface area contributed by atoms with Crippen LogP contribution in [0.25, 0.3) is 0 Å². The fourth-order valence-electron chi connectivity index (χ4n) is 1.15. The van der Waals surface area contributed by atoms with E-state index in [1.165, 1.54) is 5.56 Å². The summed E-state index contributed by atoms with van der Waals surface area (Å²) in [5.74, 6) is 0.775. The molecule has 0 fully saturated rings. The summed E-state index contributed by atoms with van der Waals surface area (Å²) in [6.07, 6.45) is 1.93. The van der Waals surface area contributed by atoms with E-state index in [2.05, 4.69) is 31.0 Å². The minimum absolute atomic E-state index is 0.775. The molecule has 1 aromatic heterocycles. The second kappa shape index (κ2) is 4.10. The van der Waals surface area contributed by atoms with Crippen LogP contribution in [0.4, 0.5) is 0 Å². The van der Waals surface area contributed by atoms with Crippen molar-refractivity contribution in [3.63, 3.8) is 0 Å². The van der Waals surface area contributed by atoms with Crippen LogP contribution in [-0.2, 0) is 12.8 Å². The van der Waals surface area contributed by atoms with Crippen LogP contribution in [0.2, 0.25) is 0 Å². The lowest BCUT2D eigenvalue weighted by molar-refractivity contribution is 0.391. The van der Waals surface area contributed by atoms with Gasteiger partial charge < -0.3 is 4.74 Å². The molecule has 1 aromatic rings. The third-order valence-electron chi connectivity index (χ3n) is 1.93. The molecule has 0 aromatic carbocycles. The average Bonchev–Trinajstić information content (AvgIpc) is 2.16. The molecule has 0 saturated heterocycles. The van der Waals surface area contributed by atoms with Crippen molar-refractivity contribution in [2.45, 2.75) is 26.7 Å². The molecule has 1 rings (SSSR count). The van der Waals surface area contributed by atoms with Gasteiger partial charge in [-0.25, -0.2) is 4.98 Å².